The lowest BCUT2D eigenvalue weighted by Crippen LogP contribution is -2.60. The molecule has 0 saturated carbocycles. The minimum Gasteiger partial charge on any atom is -0.394 e. The predicted octanol–water partition coefficient (Wildman–Crippen LogP) is 11.3. The number of allylic oxidation sites excluding steroid dienone is 4. The standard InChI is InChI=1S/C56H107NO10/c1-3-5-7-9-11-13-15-16-17-18-19-20-21-22-23-24-25-26-27-28-29-30-31-32-33-34-36-38-40-42-44-49(60)55(65)57-47(46-66-56-54(64)53(63)52(62)50(45-58)67-56)51(61)48(59)43-41-39-37-35-14-12-10-8-6-4-2/h22-23,35,37,47-54,56,58-64H,3-21,24-34,36,38-46H2,1-2H3,(H,57,65)/b23-22-,37-35+. The van der Waals surface area contributed by atoms with Gasteiger partial charge in [-0.1, -0.05) is 218 Å². The quantitative estimate of drug-likeness (QED) is 0.0215. The summed E-state index contributed by atoms with van der Waals surface area (Å²) in [5.41, 5.74) is 0. The maximum Gasteiger partial charge on any atom is 0.249 e. The van der Waals surface area contributed by atoms with Crippen LogP contribution in [0, 0.1) is 0 Å². The second-order valence-electron chi connectivity index (χ2n) is 20.0. The van der Waals surface area contributed by atoms with Crippen molar-refractivity contribution in [3.63, 3.8) is 0 Å². The van der Waals surface area contributed by atoms with Crippen molar-refractivity contribution in [1.29, 1.82) is 0 Å². The van der Waals surface area contributed by atoms with E-state index in [0.29, 0.717) is 12.8 Å². The number of hydrogen-bond donors (Lipinski definition) is 8. The number of ether oxygens (including phenoxy) is 2. The van der Waals surface area contributed by atoms with E-state index in [1.165, 1.54) is 180 Å². The van der Waals surface area contributed by atoms with E-state index >= 15 is 0 Å². The molecule has 1 aliphatic rings. The van der Waals surface area contributed by atoms with Gasteiger partial charge in [-0.15, -0.1) is 0 Å². The zero-order chi connectivity index (χ0) is 49.0. The molecule has 9 atom stereocenters. The summed E-state index contributed by atoms with van der Waals surface area (Å²) in [6.07, 6.45) is 42.7. The largest absolute Gasteiger partial charge is 0.394 e. The molecule has 67 heavy (non-hydrogen) atoms. The van der Waals surface area contributed by atoms with Crippen LogP contribution in [-0.2, 0) is 14.3 Å². The molecule has 0 aliphatic carbocycles. The number of rotatable bonds is 48. The first-order chi connectivity index (χ1) is 32.7. The van der Waals surface area contributed by atoms with Crippen molar-refractivity contribution in [3.8, 4) is 0 Å². The summed E-state index contributed by atoms with van der Waals surface area (Å²) in [6.45, 7) is 3.41. The van der Waals surface area contributed by atoms with Gasteiger partial charge in [0.1, 0.15) is 36.6 Å². The highest BCUT2D eigenvalue weighted by Gasteiger charge is 2.44. The molecule has 0 aromatic heterocycles. The van der Waals surface area contributed by atoms with Crippen molar-refractivity contribution in [3.05, 3.63) is 24.3 Å². The third-order valence-corrected chi connectivity index (χ3v) is 13.7. The van der Waals surface area contributed by atoms with E-state index in [9.17, 15) is 40.5 Å². The molecule has 11 nitrogen and oxygen atoms in total. The van der Waals surface area contributed by atoms with Crippen LogP contribution in [0.5, 0.6) is 0 Å². The summed E-state index contributed by atoms with van der Waals surface area (Å²) >= 11 is 0. The van der Waals surface area contributed by atoms with Crippen LogP contribution in [0.1, 0.15) is 258 Å². The topological polar surface area (TPSA) is 189 Å². The Bertz CT molecular complexity index is 1140. The van der Waals surface area contributed by atoms with Gasteiger partial charge in [-0.2, -0.15) is 0 Å². The van der Waals surface area contributed by atoms with Gasteiger partial charge in [0.25, 0.3) is 0 Å². The van der Waals surface area contributed by atoms with Gasteiger partial charge in [0, 0.05) is 0 Å². The number of nitrogens with one attached hydrogen (secondary N) is 1. The lowest BCUT2D eigenvalue weighted by molar-refractivity contribution is -0.303. The fourth-order valence-electron chi connectivity index (χ4n) is 9.08. The van der Waals surface area contributed by atoms with E-state index in [0.717, 1.165) is 38.5 Å². The lowest BCUT2D eigenvalue weighted by atomic mass is 9.98. The molecular formula is C56H107NO10. The van der Waals surface area contributed by atoms with Crippen LogP contribution in [0.3, 0.4) is 0 Å². The summed E-state index contributed by atoms with van der Waals surface area (Å²) in [5, 5.41) is 75.7. The maximum absolute atomic E-state index is 13.1. The predicted molar refractivity (Wildman–Crippen MR) is 275 cm³/mol. The average Bonchev–Trinajstić information content (AvgIpc) is 3.33. The molecule has 1 saturated heterocycles. The van der Waals surface area contributed by atoms with Gasteiger partial charge in [0.05, 0.1) is 25.4 Å². The highest BCUT2D eigenvalue weighted by atomic mass is 16.7. The molecule has 0 radical (unpaired) electrons. The van der Waals surface area contributed by atoms with Crippen molar-refractivity contribution in [2.45, 2.75) is 313 Å². The summed E-state index contributed by atoms with van der Waals surface area (Å²) in [7, 11) is 0. The third kappa shape index (κ3) is 34.5. The number of carbonyl (C=O) groups is 1. The van der Waals surface area contributed by atoms with E-state index in [-0.39, 0.29) is 12.8 Å². The zero-order valence-electron chi connectivity index (χ0n) is 43.1. The molecule has 0 aromatic carbocycles. The Morgan fingerprint density at radius 3 is 1.28 bits per heavy atom. The maximum atomic E-state index is 13.1. The molecule has 8 N–H and O–H groups in total. The Kier molecular flexibility index (Phi) is 43.4. The average molecular weight is 954 g/mol. The van der Waals surface area contributed by atoms with Gasteiger partial charge in [-0.25, -0.2) is 0 Å². The molecule has 1 fully saturated rings. The number of carbonyl (C=O) groups excluding carboxylic acids is 1. The first kappa shape index (κ1) is 63.6. The zero-order valence-corrected chi connectivity index (χ0v) is 43.1. The van der Waals surface area contributed by atoms with E-state index in [1.54, 1.807) is 0 Å². The molecule has 1 aliphatic heterocycles. The fraction of sp³-hybridized carbons (Fsp3) is 0.911. The molecule has 0 aromatic rings. The summed E-state index contributed by atoms with van der Waals surface area (Å²) < 4.78 is 11.1. The van der Waals surface area contributed by atoms with Gasteiger partial charge in [-0.05, 0) is 64.2 Å². The molecule has 0 spiro atoms. The Morgan fingerprint density at radius 2 is 0.881 bits per heavy atom. The van der Waals surface area contributed by atoms with Crippen molar-refractivity contribution < 1.29 is 50.0 Å². The van der Waals surface area contributed by atoms with Crippen LogP contribution < -0.4 is 5.32 Å². The summed E-state index contributed by atoms with van der Waals surface area (Å²) in [6, 6.07) is -1.18. The Morgan fingerprint density at radius 1 is 0.507 bits per heavy atom. The highest BCUT2D eigenvalue weighted by molar-refractivity contribution is 5.80. The minimum atomic E-state index is -1.67. The molecule has 1 heterocycles. The van der Waals surface area contributed by atoms with Crippen LogP contribution in [0.25, 0.3) is 0 Å². The molecule has 396 valence electrons. The van der Waals surface area contributed by atoms with Gasteiger partial charge in [0.2, 0.25) is 5.91 Å². The molecular weight excluding hydrogens is 847 g/mol. The van der Waals surface area contributed by atoms with E-state index in [4.69, 9.17) is 9.47 Å². The minimum absolute atomic E-state index is 0.256. The fourth-order valence-corrected chi connectivity index (χ4v) is 9.08. The number of amides is 1. The summed E-state index contributed by atoms with van der Waals surface area (Å²) in [5.74, 6) is -0.705. The molecule has 0 bridgehead atoms. The smallest absolute Gasteiger partial charge is 0.249 e. The van der Waals surface area contributed by atoms with Crippen molar-refractivity contribution in [1.82, 2.24) is 5.32 Å². The summed E-state index contributed by atoms with van der Waals surface area (Å²) in [4.78, 5) is 13.1. The van der Waals surface area contributed by atoms with Gasteiger partial charge >= 0.3 is 0 Å². The number of unbranched alkanes of at least 4 members (excludes halogenated alkanes) is 32. The first-order valence-corrected chi connectivity index (χ1v) is 28.2. The lowest BCUT2D eigenvalue weighted by Gasteiger charge is -2.40. The van der Waals surface area contributed by atoms with Crippen LogP contribution >= 0.6 is 0 Å². The Labute approximate surface area is 410 Å². The van der Waals surface area contributed by atoms with E-state index in [2.05, 4.69) is 43.5 Å². The van der Waals surface area contributed by atoms with Gasteiger partial charge in [0.15, 0.2) is 6.29 Å². The Balaban J connectivity index is 2.20. The van der Waals surface area contributed by atoms with Crippen LogP contribution in [0.4, 0.5) is 0 Å². The van der Waals surface area contributed by atoms with Gasteiger partial charge in [-0.3, -0.25) is 4.79 Å². The molecule has 9 unspecified atom stereocenters. The van der Waals surface area contributed by atoms with Crippen molar-refractivity contribution >= 4 is 5.91 Å². The van der Waals surface area contributed by atoms with Crippen LogP contribution in [0.2, 0.25) is 0 Å². The molecule has 1 rings (SSSR count). The first-order valence-electron chi connectivity index (χ1n) is 28.2. The normalized spacial score (nSPS) is 20.8. The van der Waals surface area contributed by atoms with Gasteiger partial charge < -0.3 is 50.5 Å². The number of aliphatic hydroxyl groups excluding tert-OH is 7. The number of aliphatic hydroxyl groups is 7. The highest BCUT2D eigenvalue weighted by Crippen LogP contribution is 2.23. The number of hydrogen-bond acceptors (Lipinski definition) is 10. The molecule has 11 heteroatoms. The SMILES string of the molecule is CCCCCCC/C=C/CCCC(O)C(O)C(COC1OC(CO)C(O)C(O)C1O)NC(=O)C(O)CCCCCCCCCCCCCCCC/C=C\CCCCCCCCCCCCCC. The van der Waals surface area contributed by atoms with Crippen LogP contribution in [0.15, 0.2) is 24.3 Å². The van der Waals surface area contributed by atoms with Crippen LogP contribution in [-0.4, -0.2) is 110 Å². The Hall–Kier alpha value is -1.41. The third-order valence-electron chi connectivity index (χ3n) is 13.7. The second kappa shape index (κ2) is 45.7. The van der Waals surface area contributed by atoms with Crippen molar-refractivity contribution in [2.24, 2.45) is 0 Å². The van der Waals surface area contributed by atoms with E-state index in [1.807, 2.05) is 0 Å². The van der Waals surface area contributed by atoms with Crippen molar-refractivity contribution in [2.75, 3.05) is 13.2 Å². The van der Waals surface area contributed by atoms with E-state index < -0.39 is 74.2 Å². The second-order valence-corrected chi connectivity index (χ2v) is 20.0. The monoisotopic (exact) mass is 954 g/mol. The molecule has 1 amide bonds.